The predicted octanol–water partition coefficient (Wildman–Crippen LogP) is 3.55. The van der Waals surface area contributed by atoms with Crippen LogP contribution in [0.25, 0.3) is 0 Å². The number of alkyl halides is 1. The highest BCUT2D eigenvalue weighted by molar-refractivity contribution is 6.38. The lowest BCUT2D eigenvalue weighted by atomic mass is 10.1. The first-order valence-corrected chi connectivity index (χ1v) is 5.48. The first-order valence-electron chi connectivity index (χ1n) is 4.67. The van der Waals surface area contributed by atoms with Crippen LogP contribution in [0, 0.1) is 0 Å². The lowest BCUT2D eigenvalue weighted by molar-refractivity contribution is 0.0992. The molecule has 82 valence electrons. The van der Waals surface area contributed by atoms with Crippen LogP contribution in [0.4, 0.5) is 0 Å². The summed E-state index contributed by atoms with van der Waals surface area (Å²) in [5.41, 5.74) is 0.433. The Hall–Kier alpha value is -0.730. The summed E-state index contributed by atoms with van der Waals surface area (Å²) in [7, 11) is 0. The quantitative estimate of drug-likeness (QED) is 0.600. The van der Waals surface area contributed by atoms with E-state index in [-0.39, 0.29) is 5.78 Å². The highest BCUT2D eigenvalue weighted by atomic mass is 35.5. The van der Waals surface area contributed by atoms with Crippen molar-refractivity contribution in [1.82, 2.24) is 0 Å². The smallest absolute Gasteiger partial charge is 0.181 e. The summed E-state index contributed by atoms with van der Waals surface area (Å²) in [6, 6.07) is 4.97. The number of carbonyl (C=O) groups is 1. The van der Waals surface area contributed by atoms with Crippen LogP contribution in [-0.2, 0) is 0 Å². The summed E-state index contributed by atoms with van der Waals surface area (Å²) in [5, 5.41) is -0.195. The van der Waals surface area contributed by atoms with Crippen molar-refractivity contribution in [2.24, 2.45) is 0 Å². The van der Waals surface area contributed by atoms with Gasteiger partial charge in [0.2, 0.25) is 0 Å². The van der Waals surface area contributed by atoms with E-state index in [4.69, 9.17) is 27.9 Å². The van der Waals surface area contributed by atoms with Crippen LogP contribution in [0.1, 0.15) is 24.2 Å². The van der Waals surface area contributed by atoms with Gasteiger partial charge >= 0.3 is 0 Å². The molecule has 0 N–H and O–H groups in total. The fourth-order valence-electron chi connectivity index (χ4n) is 1.17. The maximum atomic E-state index is 11.6. The summed E-state index contributed by atoms with van der Waals surface area (Å²) < 4.78 is 5.25. The van der Waals surface area contributed by atoms with E-state index in [1.165, 1.54) is 0 Å². The van der Waals surface area contributed by atoms with Gasteiger partial charge in [0.1, 0.15) is 5.75 Å². The molecule has 0 heterocycles. The summed E-state index contributed by atoms with van der Waals surface area (Å²) in [5.74, 6) is 0.478. The molecule has 0 radical (unpaired) electrons. The van der Waals surface area contributed by atoms with Gasteiger partial charge in [-0.05, 0) is 32.0 Å². The van der Waals surface area contributed by atoms with Crippen LogP contribution >= 0.6 is 23.2 Å². The van der Waals surface area contributed by atoms with Crippen molar-refractivity contribution in [3.8, 4) is 5.75 Å². The summed E-state index contributed by atoms with van der Waals surface area (Å²) in [4.78, 5) is 11.6. The number of Topliss-reactive ketones (excluding diaryl/α,β-unsaturated/α-hetero) is 1. The second-order valence-corrected chi connectivity index (χ2v) is 4.12. The average molecular weight is 247 g/mol. The number of halogens is 2. The number of hydrogen-bond donors (Lipinski definition) is 0. The Morgan fingerprint density at radius 3 is 2.67 bits per heavy atom. The molecule has 0 aliphatic carbocycles. The molecule has 1 rings (SSSR count). The molecule has 0 aliphatic heterocycles. The van der Waals surface area contributed by atoms with E-state index in [1.807, 2.05) is 6.92 Å². The molecule has 1 unspecified atom stereocenters. The molecule has 15 heavy (non-hydrogen) atoms. The molecule has 0 aromatic heterocycles. The van der Waals surface area contributed by atoms with Crippen LogP contribution < -0.4 is 4.74 Å². The maximum Gasteiger partial charge on any atom is 0.181 e. The van der Waals surface area contributed by atoms with Gasteiger partial charge in [-0.15, -0.1) is 11.6 Å². The van der Waals surface area contributed by atoms with Crippen molar-refractivity contribution >= 4 is 29.0 Å². The van der Waals surface area contributed by atoms with Gasteiger partial charge in [-0.25, -0.2) is 0 Å². The molecular weight excluding hydrogens is 235 g/mol. The van der Waals surface area contributed by atoms with E-state index in [2.05, 4.69) is 0 Å². The molecule has 1 atom stereocenters. The largest absolute Gasteiger partial charge is 0.494 e. The van der Waals surface area contributed by atoms with Gasteiger partial charge < -0.3 is 4.74 Å². The number of ether oxygens (including phenoxy) is 1. The standard InChI is InChI=1S/C11H12Cl2O2/c1-3-15-8-4-5-9(10(13)6-8)11(14)7(2)12/h4-7H,3H2,1-2H3. The van der Waals surface area contributed by atoms with Crippen molar-refractivity contribution in [3.63, 3.8) is 0 Å². The third-order valence-corrected chi connectivity index (χ3v) is 2.39. The highest BCUT2D eigenvalue weighted by Gasteiger charge is 2.15. The Labute approximate surface area is 99.1 Å². The molecule has 4 heteroatoms. The minimum absolute atomic E-state index is 0.176. The Morgan fingerprint density at radius 2 is 2.20 bits per heavy atom. The van der Waals surface area contributed by atoms with E-state index in [0.717, 1.165) is 0 Å². The second kappa shape index (κ2) is 5.38. The topological polar surface area (TPSA) is 26.3 Å². The number of benzene rings is 1. The Morgan fingerprint density at radius 1 is 1.53 bits per heavy atom. The van der Waals surface area contributed by atoms with Gasteiger partial charge in [0.05, 0.1) is 17.0 Å². The van der Waals surface area contributed by atoms with Gasteiger partial charge in [-0.3, -0.25) is 4.79 Å². The van der Waals surface area contributed by atoms with Gasteiger partial charge in [0.15, 0.2) is 5.78 Å². The number of carbonyl (C=O) groups excluding carboxylic acids is 1. The normalized spacial score (nSPS) is 12.3. The summed E-state index contributed by atoms with van der Waals surface area (Å²) >= 11 is 11.6. The Bertz CT molecular complexity index is 362. The molecule has 2 nitrogen and oxygen atoms in total. The van der Waals surface area contributed by atoms with Crippen LogP contribution in [0.15, 0.2) is 18.2 Å². The predicted molar refractivity (Wildman–Crippen MR) is 62.3 cm³/mol. The zero-order chi connectivity index (χ0) is 11.4. The van der Waals surface area contributed by atoms with Crippen LogP contribution in [0.2, 0.25) is 5.02 Å². The molecular formula is C11H12Cl2O2. The fraction of sp³-hybridized carbons (Fsp3) is 0.364. The van der Waals surface area contributed by atoms with Gasteiger partial charge in [-0.2, -0.15) is 0 Å². The third kappa shape index (κ3) is 3.11. The Balaban J connectivity index is 2.97. The maximum absolute atomic E-state index is 11.6. The SMILES string of the molecule is CCOc1ccc(C(=O)C(C)Cl)c(Cl)c1. The van der Waals surface area contributed by atoms with Crippen LogP contribution in [0.5, 0.6) is 5.75 Å². The van der Waals surface area contributed by atoms with Crippen LogP contribution in [0.3, 0.4) is 0 Å². The minimum Gasteiger partial charge on any atom is -0.494 e. The monoisotopic (exact) mass is 246 g/mol. The van der Waals surface area contributed by atoms with Crippen molar-refractivity contribution in [2.45, 2.75) is 19.2 Å². The fourth-order valence-corrected chi connectivity index (χ4v) is 1.55. The van der Waals surface area contributed by atoms with Crippen molar-refractivity contribution in [2.75, 3.05) is 6.61 Å². The molecule has 0 bridgehead atoms. The van der Waals surface area contributed by atoms with Crippen LogP contribution in [-0.4, -0.2) is 17.8 Å². The molecule has 1 aromatic rings. The molecule has 0 fully saturated rings. The third-order valence-electron chi connectivity index (χ3n) is 1.88. The first-order chi connectivity index (χ1) is 7.06. The van der Waals surface area contributed by atoms with E-state index in [0.29, 0.717) is 22.9 Å². The number of hydrogen-bond acceptors (Lipinski definition) is 2. The molecule has 0 spiro atoms. The lowest BCUT2D eigenvalue weighted by Gasteiger charge is -2.07. The molecule has 1 aromatic carbocycles. The molecule has 0 aliphatic rings. The van der Waals surface area contributed by atoms with E-state index in [1.54, 1.807) is 25.1 Å². The van der Waals surface area contributed by atoms with Crippen molar-refractivity contribution in [1.29, 1.82) is 0 Å². The van der Waals surface area contributed by atoms with Crippen molar-refractivity contribution < 1.29 is 9.53 Å². The van der Waals surface area contributed by atoms with Gasteiger partial charge in [0, 0.05) is 5.56 Å². The summed E-state index contributed by atoms with van der Waals surface area (Å²) in [6.07, 6.45) is 0. The van der Waals surface area contributed by atoms with Crippen molar-refractivity contribution in [3.05, 3.63) is 28.8 Å². The average Bonchev–Trinajstić information content (AvgIpc) is 2.17. The number of rotatable bonds is 4. The highest BCUT2D eigenvalue weighted by Crippen LogP contribution is 2.24. The lowest BCUT2D eigenvalue weighted by Crippen LogP contribution is -2.11. The minimum atomic E-state index is -0.569. The van der Waals surface area contributed by atoms with E-state index >= 15 is 0 Å². The van der Waals surface area contributed by atoms with E-state index in [9.17, 15) is 4.79 Å². The van der Waals surface area contributed by atoms with Gasteiger partial charge in [0.25, 0.3) is 0 Å². The molecule has 0 saturated carbocycles. The second-order valence-electron chi connectivity index (χ2n) is 3.05. The first kappa shape index (κ1) is 12.3. The zero-order valence-corrected chi connectivity index (χ0v) is 10.1. The number of ketones is 1. The summed E-state index contributed by atoms with van der Waals surface area (Å²) in [6.45, 7) is 4.07. The molecule has 0 amide bonds. The zero-order valence-electron chi connectivity index (χ0n) is 8.59. The van der Waals surface area contributed by atoms with Gasteiger partial charge in [-0.1, -0.05) is 11.6 Å². The Kier molecular flexibility index (Phi) is 4.43. The molecule has 0 saturated heterocycles. The van der Waals surface area contributed by atoms with E-state index < -0.39 is 5.38 Å².